The van der Waals surface area contributed by atoms with Gasteiger partial charge >= 0.3 is 0 Å². The number of hydrogen-bond donors (Lipinski definition) is 0. The second-order valence-electron chi connectivity index (χ2n) is 4.91. The number of fused-ring (bicyclic) bond motifs is 2. The Kier molecular flexibility index (Phi) is 1.65. The van der Waals surface area contributed by atoms with Gasteiger partial charge in [0, 0.05) is 0 Å². The first-order valence-corrected chi connectivity index (χ1v) is 5.75. The SMILES string of the molecule is CCC1=CCC1C1CC2=CCC1C2. The van der Waals surface area contributed by atoms with E-state index in [9.17, 15) is 0 Å². The second-order valence-corrected chi connectivity index (χ2v) is 4.91. The normalized spacial score (nSPS) is 41.5. The molecular weight excluding hydrogens is 156 g/mol. The summed E-state index contributed by atoms with van der Waals surface area (Å²) in [4.78, 5) is 0. The first-order valence-electron chi connectivity index (χ1n) is 5.75. The molecule has 13 heavy (non-hydrogen) atoms. The van der Waals surface area contributed by atoms with E-state index in [1.165, 1.54) is 32.1 Å². The average Bonchev–Trinajstić information content (AvgIpc) is 2.63. The maximum atomic E-state index is 2.50. The first kappa shape index (κ1) is 7.84. The summed E-state index contributed by atoms with van der Waals surface area (Å²) < 4.78 is 0. The number of hydrogen-bond acceptors (Lipinski definition) is 0. The van der Waals surface area contributed by atoms with Crippen LogP contribution in [0.3, 0.4) is 0 Å². The van der Waals surface area contributed by atoms with Gasteiger partial charge in [0.05, 0.1) is 0 Å². The van der Waals surface area contributed by atoms with Gasteiger partial charge in [-0.05, 0) is 49.9 Å². The van der Waals surface area contributed by atoms with Gasteiger partial charge in [0.25, 0.3) is 0 Å². The largest absolute Gasteiger partial charge is 0.0850 e. The molecule has 0 saturated heterocycles. The van der Waals surface area contributed by atoms with Gasteiger partial charge in [0.1, 0.15) is 0 Å². The van der Waals surface area contributed by atoms with Crippen LogP contribution >= 0.6 is 0 Å². The summed E-state index contributed by atoms with van der Waals surface area (Å²) in [5.41, 5.74) is 3.54. The lowest BCUT2D eigenvalue weighted by molar-refractivity contribution is 0.270. The van der Waals surface area contributed by atoms with Gasteiger partial charge in [-0.3, -0.25) is 0 Å². The van der Waals surface area contributed by atoms with Crippen LogP contribution in [0.1, 0.15) is 39.0 Å². The van der Waals surface area contributed by atoms with E-state index in [-0.39, 0.29) is 0 Å². The van der Waals surface area contributed by atoms with Crippen LogP contribution in [0.15, 0.2) is 23.3 Å². The highest BCUT2D eigenvalue weighted by Crippen LogP contribution is 2.52. The van der Waals surface area contributed by atoms with E-state index in [2.05, 4.69) is 19.1 Å². The fourth-order valence-electron chi connectivity index (χ4n) is 3.53. The van der Waals surface area contributed by atoms with E-state index in [1.54, 1.807) is 11.1 Å². The summed E-state index contributed by atoms with van der Waals surface area (Å²) >= 11 is 0. The highest BCUT2D eigenvalue weighted by molar-refractivity contribution is 5.26. The van der Waals surface area contributed by atoms with Gasteiger partial charge in [-0.2, -0.15) is 0 Å². The minimum absolute atomic E-state index is 0.987. The van der Waals surface area contributed by atoms with E-state index in [1.807, 2.05) is 0 Å². The summed E-state index contributed by atoms with van der Waals surface area (Å²) in [6.07, 6.45) is 11.9. The summed E-state index contributed by atoms with van der Waals surface area (Å²) in [5.74, 6) is 3.07. The molecule has 0 N–H and O–H groups in total. The van der Waals surface area contributed by atoms with Crippen LogP contribution < -0.4 is 0 Å². The molecule has 3 aliphatic carbocycles. The summed E-state index contributed by atoms with van der Waals surface area (Å²) in [6.45, 7) is 2.31. The first-order chi connectivity index (χ1) is 6.38. The third kappa shape index (κ3) is 1.04. The van der Waals surface area contributed by atoms with Crippen LogP contribution in [0.25, 0.3) is 0 Å². The molecule has 1 saturated carbocycles. The van der Waals surface area contributed by atoms with Crippen molar-refractivity contribution in [3.8, 4) is 0 Å². The van der Waals surface area contributed by atoms with Crippen molar-refractivity contribution >= 4 is 0 Å². The third-order valence-electron chi connectivity index (χ3n) is 4.37. The molecule has 70 valence electrons. The van der Waals surface area contributed by atoms with Crippen molar-refractivity contribution in [3.05, 3.63) is 23.3 Å². The Bertz CT molecular complexity index is 282. The molecule has 0 aromatic rings. The second kappa shape index (κ2) is 2.73. The fraction of sp³-hybridized carbons (Fsp3) is 0.692. The maximum Gasteiger partial charge on any atom is -0.0134 e. The van der Waals surface area contributed by atoms with Crippen molar-refractivity contribution in [1.82, 2.24) is 0 Å². The third-order valence-corrected chi connectivity index (χ3v) is 4.37. The zero-order valence-electron chi connectivity index (χ0n) is 8.42. The highest BCUT2D eigenvalue weighted by atomic mass is 14.5. The summed E-state index contributed by atoms with van der Waals surface area (Å²) in [7, 11) is 0. The predicted molar refractivity (Wildman–Crippen MR) is 55.4 cm³/mol. The molecule has 0 aromatic carbocycles. The Hall–Kier alpha value is -0.520. The Morgan fingerprint density at radius 1 is 1.23 bits per heavy atom. The van der Waals surface area contributed by atoms with E-state index in [0.29, 0.717) is 0 Å². The zero-order valence-corrected chi connectivity index (χ0v) is 8.42. The molecule has 0 aromatic heterocycles. The minimum atomic E-state index is 0.987. The lowest BCUT2D eigenvalue weighted by atomic mass is 9.69. The minimum Gasteiger partial charge on any atom is -0.0850 e. The van der Waals surface area contributed by atoms with Gasteiger partial charge in [-0.15, -0.1) is 0 Å². The molecule has 2 bridgehead atoms. The van der Waals surface area contributed by atoms with Crippen LogP contribution in [0.4, 0.5) is 0 Å². The Labute approximate surface area is 80.7 Å². The standard InChI is InChI=1S/C13H18/c1-2-10-5-6-12(10)13-8-9-3-4-11(13)7-9/h3,5,11-13H,2,4,6-8H2,1H3. The van der Waals surface area contributed by atoms with E-state index < -0.39 is 0 Å². The molecule has 0 aliphatic heterocycles. The summed E-state index contributed by atoms with van der Waals surface area (Å²) in [5, 5.41) is 0. The van der Waals surface area contributed by atoms with Crippen molar-refractivity contribution in [3.63, 3.8) is 0 Å². The van der Waals surface area contributed by atoms with Crippen LogP contribution in [-0.2, 0) is 0 Å². The van der Waals surface area contributed by atoms with Gasteiger partial charge < -0.3 is 0 Å². The smallest absolute Gasteiger partial charge is 0.0134 e. The Morgan fingerprint density at radius 3 is 2.62 bits per heavy atom. The molecule has 3 atom stereocenters. The molecule has 0 heterocycles. The fourth-order valence-corrected chi connectivity index (χ4v) is 3.53. The lowest BCUT2D eigenvalue weighted by Crippen LogP contribution is -2.25. The highest BCUT2D eigenvalue weighted by Gasteiger charge is 2.41. The Morgan fingerprint density at radius 2 is 2.15 bits per heavy atom. The van der Waals surface area contributed by atoms with E-state index >= 15 is 0 Å². The molecule has 0 amide bonds. The maximum absolute atomic E-state index is 2.50. The van der Waals surface area contributed by atoms with Gasteiger partial charge in [-0.25, -0.2) is 0 Å². The van der Waals surface area contributed by atoms with Gasteiger partial charge in [0.2, 0.25) is 0 Å². The lowest BCUT2D eigenvalue weighted by Gasteiger charge is -2.35. The molecule has 0 spiro atoms. The van der Waals surface area contributed by atoms with Crippen molar-refractivity contribution in [1.29, 1.82) is 0 Å². The van der Waals surface area contributed by atoms with Crippen LogP contribution in [0.5, 0.6) is 0 Å². The molecule has 1 fully saturated rings. The topological polar surface area (TPSA) is 0 Å². The van der Waals surface area contributed by atoms with Gasteiger partial charge in [-0.1, -0.05) is 30.2 Å². The molecule has 3 rings (SSSR count). The predicted octanol–water partition coefficient (Wildman–Crippen LogP) is 3.70. The Balaban J connectivity index is 1.75. The van der Waals surface area contributed by atoms with Crippen LogP contribution in [0.2, 0.25) is 0 Å². The van der Waals surface area contributed by atoms with Crippen molar-refractivity contribution in [2.75, 3.05) is 0 Å². The molecule has 0 nitrogen and oxygen atoms in total. The molecule has 0 heteroatoms. The monoisotopic (exact) mass is 174 g/mol. The molecule has 0 radical (unpaired) electrons. The molecule has 3 aliphatic rings. The van der Waals surface area contributed by atoms with E-state index in [4.69, 9.17) is 0 Å². The number of rotatable bonds is 2. The van der Waals surface area contributed by atoms with Crippen molar-refractivity contribution < 1.29 is 0 Å². The average molecular weight is 174 g/mol. The quantitative estimate of drug-likeness (QED) is 0.560. The van der Waals surface area contributed by atoms with E-state index in [0.717, 1.165) is 17.8 Å². The van der Waals surface area contributed by atoms with Gasteiger partial charge in [0.15, 0.2) is 0 Å². The van der Waals surface area contributed by atoms with Crippen molar-refractivity contribution in [2.45, 2.75) is 39.0 Å². The van der Waals surface area contributed by atoms with Crippen LogP contribution in [0, 0.1) is 17.8 Å². The zero-order chi connectivity index (χ0) is 8.84. The van der Waals surface area contributed by atoms with Crippen LogP contribution in [-0.4, -0.2) is 0 Å². The molecule has 3 unspecified atom stereocenters. The van der Waals surface area contributed by atoms with Crippen molar-refractivity contribution in [2.24, 2.45) is 17.8 Å². The molecular formula is C13H18. The number of allylic oxidation sites excluding steroid dienone is 4. The summed E-state index contributed by atoms with van der Waals surface area (Å²) in [6, 6.07) is 0.